The van der Waals surface area contributed by atoms with Crippen LogP contribution in [0.3, 0.4) is 0 Å². The van der Waals surface area contributed by atoms with E-state index in [-0.39, 0.29) is 18.0 Å². The summed E-state index contributed by atoms with van der Waals surface area (Å²) in [4.78, 5) is 20.7. The molecule has 4 rings (SSSR count). The standard InChI is InChI=1S/C23H20F4N4O3S/c24-17-3-1-4-19(11-17)35(33,34)31-10-2-5-21(31)22(32)28-13-18-12-20(30-14-29-18)15-6-8-16(9-7-15)23(25,26)27/h1,3-4,6-9,11-12,14,21H,2,5,10,13H2,(H,28,32). The van der Waals surface area contributed by atoms with E-state index in [0.29, 0.717) is 29.8 Å². The number of carbonyl (C=O) groups is 1. The van der Waals surface area contributed by atoms with Crippen LogP contribution in [0.25, 0.3) is 11.3 Å². The highest BCUT2D eigenvalue weighted by Crippen LogP contribution is 2.31. The van der Waals surface area contributed by atoms with Gasteiger partial charge in [0.05, 0.1) is 28.4 Å². The molecule has 1 unspecified atom stereocenters. The van der Waals surface area contributed by atoms with E-state index in [4.69, 9.17) is 0 Å². The summed E-state index contributed by atoms with van der Waals surface area (Å²) in [6.07, 6.45) is -2.44. The molecule has 1 N–H and O–H groups in total. The van der Waals surface area contributed by atoms with Crippen LogP contribution in [0.4, 0.5) is 17.6 Å². The number of amides is 1. The van der Waals surface area contributed by atoms with Crippen molar-refractivity contribution >= 4 is 15.9 Å². The van der Waals surface area contributed by atoms with Gasteiger partial charge in [-0.05, 0) is 49.2 Å². The fourth-order valence-corrected chi connectivity index (χ4v) is 5.52. The maximum atomic E-state index is 13.6. The second kappa shape index (κ2) is 9.70. The van der Waals surface area contributed by atoms with Crippen molar-refractivity contribution in [2.75, 3.05) is 6.54 Å². The van der Waals surface area contributed by atoms with Gasteiger partial charge in [0, 0.05) is 12.1 Å². The molecule has 0 spiro atoms. The summed E-state index contributed by atoms with van der Waals surface area (Å²) >= 11 is 0. The molecule has 2 aromatic carbocycles. The highest BCUT2D eigenvalue weighted by atomic mass is 32.2. The third-order valence-corrected chi connectivity index (χ3v) is 7.49. The molecular weight excluding hydrogens is 488 g/mol. The summed E-state index contributed by atoms with van der Waals surface area (Å²) in [5.74, 6) is -1.23. The topological polar surface area (TPSA) is 92.3 Å². The van der Waals surface area contributed by atoms with E-state index in [1.807, 2.05) is 0 Å². The smallest absolute Gasteiger partial charge is 0.349 e. The molecule has 184 valence electrons. The molecule has 1 aliphatic rings. The predicted octanol–water partition coefficient (Wildman–Crippen LogP) is 3.77. The lowest BCUT2D eigenvalue weighted by Gasteiger charge is -2.23. The molecule has 1 amide bonds. The van der Waals surface area contributed by atoms with Gasteiger partial charge in [-0.15, -0.1) is 0 Å². The molecule has 3 aromatic rings. The molecule has 1 aliphatic heterocycles. The average molecular weight is 508 g/mol. The molecule has 0 radical (unpaired) electrons. The quantitative estimate of drug-likeness (QED) is 0.512. The Morgan fingerprint density at radius 2 is 1.83 bits per heavy atom. The number of nitrogens with zero attached hydrogens (tertiary/aromatic N) is 3. The second-order valence-electron chi connectivity index (χ2n) is 7.92. The van der Waals surface area contributed by atoms with Crippen LogP contribution in [0, 0.1) is 5.82 Å². The van der Waals surface area contributed by atoms with Gasteiger partial charge in [-0.3, -0.25) is 4.79 Å². The normalized spacial score (nSPS) is 16.9. The zero-order valence-electron chi connectivity index (χ0n) is 18.2. The largest absolute Gasteiger partial charge is 0.416 e. The summed E-state index contributed by atoms with van der Waals surface area (Å²) in [6, 6.07) is 9.66. The lowest BCUT2D eigenvalue weighted by molar-refractivity contribution is -0.137. The minimum atomic E-state index is -4.45. The minimum Gasteiger partial charge on any atom is -0.349 e. The Kier molecular flexibility index (Phi) is 6.86. The first kappa shape index (κ1) is 24.7. The Labute approximate surface area is 198 Å². The summed E-state index contributed by atoms with van der Waals surface area (Å²) < 4.78 is 78.9. The number of halogens is 4. The van der Waals surface area contributed by atoms with Crippen molar-refractivity contribution in [3.8, 4) is 11.3 Å². The van der Waals surface area contributed by atoms with Crippen LogP contribution < -0.4 is 5.32 Å². The van der Waals surface area contributed by atoms with Gasteiger partial charge < -0.3 is 5.32 Å². The monoisotopic (exact) mass is 508 g/mol. The summed E-state index contributed by atoms with van der Waals surface area (Å²) in [6.45, 7) is 0.0852. The summed E-state index contributed by atoms with van der Waals surface area (Å²) in [7, 11) is -4.07. The van der Waals surface area contributed by atoms with Crippen molar-refractivity contribution in [3.05, 3.63) is 78.0 Å². The summed E-state index contributed by atoms with van der Waals surface area (Å²) in [5, 5.41) is 2.66. The Morgan fingerprint density at radius 1 is 1.09 bits per heavy atom. The molecule has 0 bridgehead atoms. The van der Waals surface area contributed by atoms with Crippen LogP contribution in [-0.4, -0.2) is 41.2 Å². The first-order chi connectivity index (χ1) is 16.6. The second-order valence-corrected chi connectivity index (χ2v) is 9.81. The number of hydrogen-bond acceptors (Lipinski definition) is 5. The lowest BCUT2D eigenvalue weighted by Crippen LogP contribution is -2.45. The van der Waals surface area contributed by atoms with Crippen LogP contribution in [0.1, 0.15) is 24.1 Å². The van der Waals surface area contributed by atoms with Crippen molar-refractivity contribution in [2.24, 2.45) is 0 Å². The lowest BCUT2D eigenvalue weighted by atomic mass is 10.1. The van der Waals surface area contributed by atoms with Crippen molar-refractivity contribution in [3.63, 3.8) is 0 Å². The first-order valence-corrected chi connectivity index (χ1v) is 12.0. The van der Waals surface area contributed by atoms with Crippen molar-refractivity contribution < 1.29 is 30.8 Å². The molecule has 1 fully saturated rings. The van der Waals surface area contributed by atoms with Crippen LogP contribution in [0.2, 0.25) is 0 Å². The molecule has 0 saturated carbocycles. The van der Waals surface area contributed by atoms with E-state index in [9.17, 15) is 30.8 Å². The fraction of sp³-hybridized carbons (Fsp3) is 0.261. The van der Waals surface area contributed by atoms with E-state index in [0.717, 1.165) is 28.6 Å². The van der Waals surface area contributed by atoms with Gasteiger partial charge in [-0.1, -0.05) is 18.2 Å². The van der Waals surface area contributed by atoms with Crippen LogP contribution in [0.5, 0.6) is 0 Å². The predicted molar refractivity (Wildman–Crippen MR) is 118 cm³/mol. The third kappa shape index (κ3) is 5.49. The number of hydrogen-bond donors (Lipinski definition) is 1. The molecule has 7 nitrogen and oxygen atoms in total. The zero-order valence-corrected chi connectivity index (χ0v) is 19.0. The van der Waals surface area contributed by atoms with Gasteiger partial charge in [0.1, 0.15) is 18.2 Å². The van der Waals surface area contributed by atoms with Gasteiger partial charge in [0.15, 0.2) is 0 Å². The van der Waals surface area contributed by atoms with Gasteiger partial charge in [-0.25, -0.2) is 22.8 Å². The molecular formula is C23H20F4N4O3S. The summed E-state index contributed by atoms with van der Waals surface area (Å²) in [5.41, 5.74) is 0.420. The highest BCUT2D eigenvalue weighted by molar-refractivity contribution is 7.89. The maximum Gasteiger partial charge on any atom is 0.416 e. The van der Waals surface area contributed by atoms with Crippen LogP contribution in [-0.2, 0) is 27.5 Å². The average Bonchev–Trinajstić information content (AvgIpc) is 3.33. The van der Waals surface area contributed by atoms with E-state index in [2.05, 4.69) is 15.3 Å². The number of aromatic nitrogens is 2. The van der Waals surface area contributed by atoms with E-state index >= 15 is 0 Å². The van der Waals surface area contributed by atoms with Crippen molar-refractivity contribution in [1.29, 1.82) is 0 Å². The van der Waals surface area contributed by atoms with Gasteiger partial charge in [0.2, 0.25) is 15.9 Å². The maximum absolute atomic E-state index is 13.6. The number of sulfonamides is 1. The molecule has 1 aromatic heterocycles. The van der Waals surface area contributed by atoms with Gasteiger partial charge in [0.25, 0.3) is 0 Å². The molecule has 1 atom stereocenters. The third-order valence-electron chi connectivity index (χ3n) is 5.58. The number of benzene rings is 2. The van der Waals surface area contributed by atoms with E-state index in [1.165, 1.54) is 36.7 Å². The highest BCUT2D eigenvalue weighted by Gasteiger charge is 2.39. The molecule has 1 saturated heterocycles. The Hall–Kier alpha value is -3.38. The fourth-order valence-electron chi connectivity index (χ4n) is 3.83. The van der Waals surface area contributed by atoms with Crippen LogP contribution in [0.15, 0.2) is 65.8 Å². The zero-order chi connectivity index (χ0) is 25.2. The van der Waals surface area contributed by atoms with Crippen molar-refractivity contribution in [1.82, 2.24) is 19.6 Å². The molecule has 12 heteroatoms. The van der Waals surface area contributed by atoms with Gasteiger partial charge in [-0.2, -0.15) is 17.5 Å². The number of carbonyl (C=O) groups excluding carboxylic acids is 1. The van der Waals surface area contributed by atoms with E-state index in [1.54, 1.807) is 0 Å². The SMILES string of the molecule is O=C(NCc1cc(-c2ccc(C(F)(F)F)cc2)ncn1)C1CCCN1S(=O)(=O)c1cccc(F)c1. The molecule has 35 heavy (non-hydrogen) atoms. The first-order valence-electron chi connectivity index (χ1n) is 10.6. The van der Waals surface area contributed by atoms with Crippen molar-refractivity contribution in [2.45, 2.75) is 36.5 Å². The molecule has 2 heterocycles. The Morgan fingerprint density at radius 3 is 2.51 bits per heavy atom. The Balaban J connectivity index is 1.45. The number of nitrogens with one attached hydrogen (secondary N) is 1. The Bertz CT molecular complexity index is 1330. The molecule has 0 aliphatic carbocycles. The van der Waals surface area contributed by atoms with Gasteiger partial charge >= 0.3 is 6.18 Å². The minimum absolute atomic E-state index is 0.0423. The van der Waals surface area contributed by atoms with Crippen LogP contribution >= 0.6 is 0 Å². The van der Waals surface area contributed by atoms with E-state index < -0.39 is 39.5 Å². The number of alkyl halides is 3. The number of rotatable bonds is 6.